The van der Waals surface area contributed by atoms with Crippen LogP contribution in [0, 0.1) is 0 Å². The van der Waals surface area contributed by atoms with E-state index >= 15 is 0 Å². The molecule has 0 aliphatic heterocycles. The lowest BCUT2D eigenvalue weighted by Crippen LogP contribution is -2.08. The van der Waals surface area contributed by atoms with Gasteiger partial charge in [-0.3, -0.25) is 0 Å². The number of hydrogen-bond acceptors (Lipinski definition) is 2. The van der Waals surface area contributed by atoms with E-state index in [0.717, 1.165) is 6.07 Å². The van der Waals surface area contributed by atoms with Crippen LogP contribution in [0.4, 0.5) is 13.2 Å². The molecule has 1 aromatic rings. The molecular weight excluding hydrogens is 255 g/mol. The number of benzene rings is 1. The average molecular weight is 266 g/mol. The molecule has 6 heteroatoms. The molecule has 0 heterocycles. The van der Waals surface area contributed by atoms with Gasteiger partial charge in [0.15, 0.2) is 0 Å². The van der Waals surface area contributed by atoms with Crippen molar-refractivity contribution in [1.29, 1.82) is 0 Å². The Morgan fingerprint density at radius 1 is 1.41 bits per heavy atom. The van der Waals surface area contributed by atoms with Gasteiger partial charge in [-0.05, 0) is 17.7 Å². The minimum Gasteiger partial charge on any atom is -0.495 e. The Bertz CT molecular complexity index is 429. The summed E-state index contributed by atoms with van der Waals surface area (Å²) in [6.45, 7) is 0.154. The molecule has 2 N–H and O–H groups in total. The summed E-state index contributed by atoms with van der Waals surface area (Å²) in [5.74, 6) is -0.0103. The second-order valence-electron chi connectivity index (χ2n) is 3.21. The first kappa shape index (κ1) is 13.9. The zero-order chi connectivity index (χ0) is 13.1. The maximum absolute atomic E-state index is 12.8. The zero-order valence-corrected chi connectivity index (χ0v) is 9.77. The van der Waals surface area contributed by atoms with Gasteiger partial charge in [0, 0.05) is 6.54 Å². The Hall–Kier alpha value is -1.20. The summed E-state index contributed by atoms with van der Waals surface area (Å²) in [5, 5.41) is 0.122. The van der Waals surface area contributed by atoms with Crippen molar-refractivity contribution in [1.82, 2.24) is 0 Å². The van der Waals surface area contributed by atoms with Crippen LogP contribution in [0.15, 0.2) is 18.2 Å². The maximum Gasteiger partial charge on any atom is 0.417 e. The van der Waals surface area contributed by atoms with Gasteiger partial charge in [-0.25, -0.2) is 0 Å². The largest absolute Gasteiger partial charge is 0.495 e. The molecule has 0 atom stereocenters. The summed E-state index contributed by atoms with van der Waals surface area (Å²) in [6, 6.07) is 2.08. The van der Waals surface area contributed by atoms with Crippen LogP contribution in [0.2, 0.25) is 5.02 Å². The van der Waals surface area contributed by atoms with Crippen molar-refractivity contribution in [3.8, 4) is 5.75 Å². The summed E-state index contributed by atoms with van der Waals surface area (Å²) in [4.78, 5) is 0. The molecule has 17 heavy (non-hydrogen) atoms. The second-order valence-corrected chi connectivity index (χ2v) is 3.62. The van der Waals surface area contributed by atoms with Crippen molar-refractivity contribution in [2.24, 2.45) is 5.73 Å². The van der Waals surface area contributed by atoms with Gasteiger partial charge in [-0.15, -0.1) is 0 Å². The lowest BCUT2D eigenvalue weighted by atomic mass is 10.1. The van der Waals surface area contributed by atoms with Crippen molar-refractivity contribution in [3.05, 3.63) is 34.4 Å². The highest BCUT2D eigenvalue weighted by molar-refractivity contribution is 6.32. The summed E-state index contributed by atoms with van der Waals surface area (Å²) < 4.78 is 43.0. The van der Waals surface area contributed by atoms with Crippen LogP contribution in [-0.2, 0) is 6.18 Å². The van der Waals surface area contributed by atoms with Crippen LogP contribution in [0.3, 0.4) is 0 Å². The molecule has 0 aliphatic carbocycles. The Labute approximate surface area is 102 Å². The quantitative estimate of drug-likeness (QED) is 0.910. The van der Waals surface area contributed by atoms with Crippen LogP contribution in [0.5, 0.6) is 5.75 Å². The molecule has 2 nitrogen and oxygen atoms in total. The number of nitrogens with two attached hydrogens (primary N) is 1. The highest BCUT2D eigenvalue weighted by Crippen LogP contribution is 2.38. The second kappa shape index (κ2) is 5.42. The number of alkyl halides is 3. The normalized spacial score (nSPS) is 12.1. The van der Waals surface area contributed by atoms with Crippen LogP contribution in [0.1, 0.15) is 11.1 Å². The molecule has 0 spiro atoms. The molecule has 0 fully saturated rings. The van der Waals surface area contributed by atoms with Crippen LogP contribution in [-0.4, -0.2) is 13.7 Å². The van der Waals surface area contributed by atoms with Crippen LogP contribution < -0.4 is 10.5 Å². The number of halogens is 4. The smallest absolute Gasteiger partial charge is 0.417 e. The fourth-order valence-corrected chi connectivity index (χ4v) is 1.55. The van der Waals surface area contributed by atoms with E-state index in [-0.39, 0.29) is 22.9 Å². The molecule has 0 aliphatic rings. The Kier molecular flexibility index (Phi) is 4.42. The summed E-state index contributed by atoms with van der Waals surface area (Å²) in [6.07, 6.45) is -1.76. The summed E-state index contributed by atoms with van der Waals surface area (Å²) in [7, 11) is 1.26. The maximum atomic E-state index is 12.8. The molecule has 0 unspecified atom stereocenters. The third-order valence-corrected chi connectivity index (χ3v) is 2.36. The molecule has 1 aromatic carbocycles. The number of hydrogen-bond donors (Lipinski definition) is 1. The van der Waals surface area contributed by atoms with Crippen molar-refractivity contribution >= 4 is 17.7 Å². The molecule has 0 amide bonds. The van der Waals surface area contributed by atoms with E-state index in [1.165, 1.54) is 25.3 Å². The van der Waals surface area contributed by atoms with E-state index in [0.29, 0.717) is 0 Å². The van der Waals surface area contributed by atoms with Gasteiger partial charge in [-0.2, -0.15) is 13.2 Å². The highest BCUT2D eigenvalue weighted by atomic mass is 35.5. The van der Waals surface area contributed by atoms with Crippen molar-refractivity contribution < 1.29 is 17.9 Å². The Morgan fingerprint density at radius 3 is 2.53 bits per heavy atom. The fourth-order valence-electron chi connectivity index (χ4n) is 1.30. The van der Waals surface area contributed by atoms with E-state index in [9.17, 15) is 13.2 Å². The minimum absolute atomic E-state index is 0.0103. The van der Waals surface area contributed by atoms with Gasteiger partial charge >= 0.3 is 6.18 Å². The first-order valence-electron chi connectivity index (χ1n) is 4.71. The van der Waals surface area contributed by atoms with Crippen LogP contribution in [0.25, 0.3) is 6.08 Å². The van der Waals surface area contributed by atoms with E-state index in [4.69, 9.17) is 22.1 Å². The van der Waals surface area contributed by atoms with E-state index in [1.54, 1.807) is 0 Å². The van der Waals surface area contributed by atoms with Crippen molar-refractivity contribution in [3.63, 3.8) is 0 Å². The monoisotopic (exact) mass is 265 g/mol. The summed E-state index contributed by atoms with van der Waals surface area (Å²) >= 11 is 5.77. The fraction of sp³-hybridized carbons (Fsp3) is 0.273. The van der Waals surface area contributed by atoms with E-state index < -0.39 is 11.7 Å². The first-order chi connectivity index (χ1) is 7.90. The molecule has 0 bridgehead atoms. The first-order valence-corrected chi connectivity index (χ1v) is 5.09. The standard InChI is InChI=1S/C11H11ClF3NO/c1-17-10-6-8(11(13,14)15)7(3-2-4-16)5-9(10)12/h2-3,5-6H,4,16H2,1H3/b3-2+. The third kappa shape index (κ3) is 3.38. The lowest BCUT2D eigenvalue weighted by Gasteiger charge is -2.13. The predicted octanol–water partition coefficient (Wildman–Crippen LogP) is 3.34. The molecule has 0 radical (unpaired) electrons. The van der Waals surface area contributed by atoms with Gasteiger partial charge in [-0.1, -0.05) is 23.8 Å². The van der Waals surface area contributed by atoms with Crippen molar-refractivity contribution in [2.75, 3.05) is 13.7 Å². The topological polar surface area (TPSA) is 35.2 Å². The number of rotatable bonds is 3. The van der Waals surface area contributed by atoms with Crippen LogP contribution >= 0.6 is 11.6 Å². The number of ether oxygens (including phenoxy) is 1. The zero-order valence-electron chi connectivity index (χ0n) is 9.01. The Morgan fingerprint density at radius 2 is 2.06 bits per heavy atom. The van der Waals surface area contributed by atoms with Gasteiger partial charge in [0.25, 0.3) is 0 Å². The molecule has 0 saturated carbocycles. The Balaban J connectivity index is 3.36. The SMILES string of the molecule is COc1cc(C(F)(F)F)c(/C=C/CN)cc1Cl. The van der Waals surface area contributed by atoms with E-state index in [2.05, 4.69) is 0 Å². The molecule has 0 aromatic heterocycles. The molecule has 0 saturated heterocycles. The highest BCUT2D eigenvalue weighted by Gasteiger charge is 2.33. The van der Waals surface area contributed by atoms with E-state index in [1.807, 2.05) is 0 Å². The predicted molar refractivity (Wildman–Crippen MR) is 61.1 cm³/mol. The molecule has 1 rings (SSSR count). The van der Waals surface area contributed by atoms with Gasteiger partial charge in [0.05, 0.1) is 17.7 Å². The lowest BCUT2D eigenvalue weighted by molar-refractivity contribution is -0.137. The summed E-state index contributed by atoms with van der Waals surface area (Å²) in [5.41, 5.74) is 4.37. The third-order valence-electron chi connectivity index (χ3n) is 2.06. The van der Waals surface area contributed by atoms with Crippen molar-refractivity contribution in [2.45, 2.75) is 6.18 Å². The average Bonchev–Trinajstić information content (AvgIpc) is 2.24. The van der Waals surface area contributed by atoms with Gasteiger partial charge in [0.2, 0.25) is 0 Å². The minimum atomic E-state index is -4.47. The van der Waals surface area contributed by atoms with Gasteiger partial charge in [0.1, 0.15) is 5.75 Å². The molecular formula is C11H11ClF3NO. The van der Waals surface area contributed by atoms with Gasteiger partial charge < -0.3 is 10.5 Å². The number of methoxy groups -OCH3 is 1. The molecule has 94 valence electrons.